The van der Waals surface area contributed by atoms with E-state index in [2.05, 4.69) is 18.2 Å². The van der Waals surface area contributed by atoms with Crippen molar-refractivity contribution in [1.82, 2.24) is 0 Å². The van der Waals surface area contributed by atoms with Gasteiger partial charge in [-0.25, -0.2) is 0 Å². The van der Waals surface area contributed by atoms with Gasteiger partial charge >= 0.3 is 0 Å². The monoisotopic (exact) mass is 163 g/mol. The van der Waals surface area contributed by atoms with Crippen molar-refractivity contribution < 1.29 is 0 Å². The molecule has 0 bridgehead atoms. The maximum absolute atomic E-state index is 8.30. The van der Waals surface area contributed by atoms with Crippen LogP contribution < -0.4 is 5.30 Å². The fraction of sp³-hybridized carbons (Fsp3) is 0.222. The first-order valence-electron chi connectivity index (χ1n) is 3.59. The first-order chi connectivity index (χ1) is 5.43. The topological polar surface area (TPSA) is 23.8 Å². The van der Waals surface area contributed by atoms with Gasteiger partial charge in [0, 0.05) is 6.42 Å². The first-order valence-corrected chi connectivity index (χ1v) is 4.80. The zero-order valence-electron chi connectivity index (χ0n) is 6.25. The van der Waals surface area contributed by atoms with E-state index in [1.807, 2.05) is 18.2 Å². The molecule has 0 aliphatic carbocycles. The van der Waals surface area contributed by atoms with E-state index in [9.17, 15) is 0 Å². The fourth-order valence-corrected chi connectivity index (χ4v) is 1.77. The maximum atomic E-state index is 8.30. The maximum Gasteiger partial charge on any atom is 0.0625 e. The molecular weight excluding hydrogens is 153 g/mol. The van der Waals surface area contributed by atoms with E-state index in [-0.39, 0.29) is 0 Å². The smallest absolute Gasteiger partial charge is 0.0625 e. The first kappa shape index (κ1) is 8.24. The highest BCUT2D eigenvalue weighted by Crippen LogP contribution is 2.09. The minimum Gasteiger partial charge on any atom is -0.198 e. The lowest BCUT2D eigenvalue weighted by molar-refractivity contribution is 1.24. The van der Waals surface area contributed by atoms with E-state index in [1.165, 1.54) is 5.30 Å². The molecule has 0 saturated carbocycles. The highest BCUT2D eigenvalue weighted by atomic mass is 31.1. The summed E-state index contributed by atoms with van der Waals surface area (Å²) in [7, 11) is 0.789. The average Bonchev–Trinajstić information content (AvgIpc) is 2.07. The van der Waals surface area contributed by atoms with Crippen molar-refractivity contribution in [3.63, 3.8) is 0 Å². The van der Waals surface area contributed by atoms with Crippen molar-refractivity contribution in [1.29, 1.82) is 5.26 Å². The molecule has 1 rings (SSSR count). The Morgan fingerprint density at radius 1 is 1.27 bits per heavy atom. The van der Waals surface area contributed by atoms with Gasteiger partial charge in [0.1, 0.15) is 0 Å². The SMILES string of the molecule is N#CCCPc1ccccc1. The van der Waals surface area contributed by atoms with Crippen LogP contribution >= 0.6 is 8.58 Å². The van der Waals surface area contributed by atoms with Gasteiger partial charge < -0.3 is 0 Å². The minimum absolute atomic E-state index is 0.674. The Morgan fingerprint density at radius 2 is 2.00 bits per heavy atom. The van der Waals surface area contributed by atoms with Crippen molar-refractivity contribution in [2.75, 3.05) is 6.16 Å². The molecule has 1 atom stereocenters. The van der Waals surface area contributed by atoms with Gasteiger partial charge in [-0.3, -0.25) is 0 Å². The molecule has 1 unspecified atom stereocenters. The highest BCUT2D eigenvalue weighted by molar-refractivity contribution is 7.47. The van der Waals surface area contributed by atoms with E-state index in [1.54, 1.807) is 0 Å². The zero-order valence-corrected chi connectivity index (χ0v) is 7.25. The summed E-state index contributed by atoms with van der Waals surface area (Å²) in [6.07, 6.45) is 1.67. The van der Waals surface area contributed by atoms with Gasteiger partial charge in [-0.2, -0.15) is 5.26 Å². The van der Waals surface area contributed by atoms with Crippen LogP contribution in [0.4, 0.5) is 0 Å². The summed E-state index contributed by atoms with van der Waals surface area (Å²) in [5.41, 5.74) is 0. The second-order valence-corrected chi connectivity index (χ2v) is 3.63. The summed E-state index contributed by atoms with van der Waals surface area (Å²) < 4.78 is 0. The highest BCUT2D eigenvalue weighted by Gasteiger charge is 1.88. The van der Waals surface area contributed by atoms with E-state index in [0.29, 0.717) is 6.42 Å². The third-order valence-electron chi connectivity index (χ3n) is 1.34. The third-order valence-corrected chi connectivity index (χ3v) is 2.58. The van der Waals surface area contributed by atoms with Crippen LogP contribution in [0.15, 0.2) is 30.3 Å². The van der Waals surface area contributed by atoms with Crippen LogP contribution in [-0.4, -0.2) is 6.16 Å². The molecule has 0 fully saturated rings. The summed E-state index contributed by atoms with van der Waals surface area (Å²) in [6, 6.07) is 12.4. The number of hydrogen-bond acceptors (Lipinski definition) is 1. The van der Waals surface area contributed by atoms with Crippen molar-refractivity contribution in [2.45, 2.75) is 6.42 Å². The molecule has 0 amide bonds. The molecule has 0 radical (unpaired) electrons. The molecule has 11 heavy (non-hydrogen) atoms. The molecule has 0 aliphatic heterocycles. The molecule has 2 heteroatoms. The quantitative estimate of drug-likeness (QED) is 0.493. The van der Waals surface area contributed by atoms with E-state index >= 15 is 0 Å². The molecule has 0 aliphatic rings. The van der Waals surface area contributed by atoms with Crippen LogP contribution in [-0.2, 0) is 0 Å². The fourth-order valence-electron chi connectivity index (χ4n) is 0.819. The standard InChI is InChI=1S/C9H10NP/c10-7-4-8-11-9-5-2-1-3-6-9/h1-3,5-6,11H,4,8H2. The molecular formula is C9H10NP. The van der Waals surface area contributed by atoms with Crippen LogP contribution in [0.5, 0.6) is 0 Å². The molecule has 1 aromatic rings. The van der Waals surface area contributed by atoms with Crippen molar-refractivity contribution in [2.24, 2.45) is 0 Å². The van der Waals surface area contributed by atoms with E-state index in [0.717, 1.165) is 14.7 Å². The van der Waals surface area contributed by atoms with Crippen LogP contribution in [0.2, 0.25) is 0 Å². The number of benzene rings is 1. The Hall–Kier alpha value is -0.860. The Kier molecular flexibility index (Phi) is 3.65. The average molecular weight is 163 g/mol. The Bertz CT molecular complexity index is 237. The molecule has 0 spiro atoms. The molecule has 56 valence electrons. The number of hydrogen-bond donors (Lipinski definition) is 0. The van der Waals surface area contributed by atoms with Crippen molar-refractivity contribution in [3.05, 3.63) is 30.3 Å². The van der Waals surface area contributed by atoms with Crippen molar-refractivity contribution >= 4 is 13.9 Å². The lowest BCUT2D eigenvalue weighted by Gasteiger charge is -1.96. The van der Waals surface area contributed by atoms with Crippen molar-refractivity contribution in [3.8, 4) is 6.07 Å². The summed E-state index contributed by atoms with van der Waals surface area (Å²) >= 11 is 0. The lowest BCUT2D eigenvalue weighted by Crippen LogP contribution is -1.92. The molecule has 1 nitrogen and oxygen atoms in total. The Balaban J connectivity index is 2.35. The van der Waals surface area contributed by atoms with Gasteiger partial charge in [0.2, 0.25) is 0 Å². The summed E-state index contributed by atoms with van der Waals surface area (Å²) in [5, 5.41) is 9.65. The van der Waals surface area contributed by atoms with E-state index < -0.39 is 0 Å². The largest absolute Gasteiger partial charge is 0.198 e. The second kappa shape index (κ2) is 4.88. The summed E-state index contributed by atoms with van der Waals surface area (Å²) in [4.78, 5) is 0. The molecule has 0 heterocycles. The summed E-state index contributed by atoms with van der Waals surface area (Å²) in [5.74, 6) is 0. The van der Waals surface area contributed by atoms with Crippen LogP contribution in [0.3, 0.4) is 0 Å². The van der Waals surface area contributed by atoms with Crippen LogP contribution in [0.1, 0.15) is 6.42 Å². The number of nitriles is 1. The van der Waals surface area contributed by atoms with Gasteiger partial charge in [0.05, 0.1) is 6.07 Å². The Morgan fingerprint density at radius 3 is 2.64 bits per heavy atom. The van der Waals surface area contributed by atoms with Crippen LogP contribution in [0.25, 0.3) is 0 Å². The van der Waals surface area contributed by atoms with Gasteiger partial charge in [0.25, 0.3) is 0 Å². The minimum atomic E-state index is 0.674. The van der Waals surface area contributed by atoms with Gasteiger partial charge in [-0.05, 0) is 11.5 Å². The number of nitrogens with zero attached hydrogens (tertiary/aromatic N) is 1. The zero-order chi connectivity index (χ0) is 7.94. The Labute approximate surface area is 68.8 Å². The van der Waals surface area contributed by atoms with Gasteiger partial charge in [-0.15, -0.1) is 0 Å². The normalized spacial score (nSPS) is 10.1. The van der Waals surface area contributed by atoms with Gasteiger partial charge in [-0.1, -0.05) is 38.9 Å². The van der Waals surface area contributed by atoms with Crippen LogP contribution in [0, 0.1) is 11.3 Å². The third kappa shape index (κ3) is 3.16. The van der Waals surface area contributed by atoms with E-state index in [4.69, 9.17) is 5.26 Å². The predicted molar refractivity (Wildman–Crippen MR) is 49.5 cm³/mol. The lowest BCUT2D eigenvalue weighted by atomic mass is 10.4. The molecule has 0 saturated heterocycles. The van der Waals surface area contributed by atoms with Gasteiger partial charge in [0.15, 0.2) is 0 Å². The molecule has 0 N–H and O–H groups in total. The number of rotatable bonds is 3. The summed E-state index contributed by atoms with van der Waals surface area (Å²) in [6.45, 7) is 0. The molecule has 0 aromatic heterocycles. The molecule has 1 aromatic carbocycles. The second-order valence-electron chi connectivity index (χ2n) is 2.20. The predicted octanol–water partition coefficient (Wildman–Crippen LogP) is 1.90.